The summed E-state index contributed by atoms with van der Waals surface area (Å²) >= 11 is 3.48. The Morgan fingerprint density at radius 1 is 1.19 bits per heavy atom. The molecule has 0 spiro atoms. The average molecular weight is 439 g/mol. The SMILES string of the molecule is [AsH2]C1CCN(Cc2c[nH]c3cc(Oc4nc5ccccc5s4)ccc23)CC1. The van der Waals surface area contributed by atoms with Crippen LogP contribution >= 0.6 is 11.3 Å². The maximum absolute atomic E-state index is 6.02. The number of likely N-dealkylation sites (tertiary alicyclic amines) is 1. The van der Waals surface area contributed by atoms with Gasteiger partial charge in [0.05, 0.1) is 10.2 Å². The van der Waals surface area contributed by atoms with Crippen LogP contribution in [-0.2, 0) is 6.54 Å². The molecule has 1 fully saturated rings. The van der Waals surface area contributed by atoms with Crippen LogP contribution in [0.1, 0.15) is 18.4 Å². The Labute approximate surface area is 171 Å². The van der Waals surface area contributed by atoms with Crippen molar-refractivity contribution in [2.24, 2.45) is 0 Å². The number of hydrogen-bond acceptors (Lipinski definition) is 4. The summed E-state index contributed by atoms with van der Waals surface area (Å²) < 4.78 is 8.10. The minimum absolute atomic E-state index is 0.686. The molecular weight excluding hydrogens is 417 g/mol. The first kappa shape index (κ1) is 17.3. The zero-order valence-corrected chi connectivity index (χ0v) is 18.3. The number of thiazole rings is 1. The van der Waals surface area contributed by atoms with Gasteiger partial charge in [-0.05, 0) is 12.1 Å². The molecule has 0 saturated carbocycles. The summed E-state index contributed by atoms with van der Waals surface area (Å²) in [5, 5.41) is 1.97. The molecule has 0 bridgehead atoms. The molecule has 4 nitrogen and oxygen atoms in total. The predicted molar refractivity (Wildman–Crippen MR) is 115 cm³/mol. The van der Waals surface area contributed by atoms with Gasteiger partial charge in [-0.15, -0.1) is 0 Å². The van der Waals surface area contributed by atoms with Crippen LogP contribution in [0.2, 0.25) is 4.71 Å². The minimum atomic E-state index is 0.686. The topological polar surface area (TPSA) is 41.2 Å². The number of aromatic nitrogens is 2. The van der Waals surface area contributed by atoms with Gasteiger partial charge in [-0.2, -0.15) is 0 Å². The molecule has 1 atom stereocenters. The molecule has 2 aromatic carbocycles. The molecule has 1 saturated heterocycles. The number of aromatic amines is 1. The molecular formula is C21H22AsN3OS. The maximum atomic E-state index is 6.02. The third-order valence-electron chi connectivity index (χ3n) is 5.24. The van der Waals surface area contributed by atoms with Gasteiger partial charge in [0.1, 0.15) is 0 Å². The van der Waals surface area contributed by atoms with E-state index in [1.807, 2.05) is 41.1 Å². The molecule has 0 radical (unpaired) electrons. The summed E-state index contributed by atoms with van der Waals surface area (Å²) in [7, 11) is 0. The molecule has 1 aliphatic rings. The molecule has 27 heavy (non-hydrogen) atoms. The Bertz CT molecular complexity index is 1050. The molecule has 138 valence electrons. The van der Waals surface area contributed by atoms with Gasteiger partial charge in [-0.1, -0.05) is 23.5 Å². The van der Waals surface area contributed by atoms with E-state index in [9.17, 15) is 0 Å². The van der Waals surface area contributed by atoms with Crippen LogP contribution in [0.25, 0.3) is 21.1 Å². The van der Waals surface area contributed by atoms with Crippen molar-refractivity contribution < 1.29 is 4.74 Å². The van der Waals surface area contributed by atoms with Crippen molar-refractivity contribution in [2.45, 2.75) is 24.1 Å². The van der Waals surface area contributed by atoms with Gasteiger partial charge in [-0.3, -0.25) is 0 Å². The van der Waals surface area contributed by atoms with Crippen LogP contribution in [0.15, 0.2) is 48.7 Å². The summed E-state index contributed by atoms with van der Waals surface area (Å²) in [5.41, 5.74) is 3.48. The summed E-state index contributed by atoms with van der Waals surface area (Å²) in [4.78, 5) is 10.5. The quantitative estimate of drug-likeness (QED) is 0.473. The van der Waals surface area contributed by atoms with Gasteiger partial charge >= 0.3 is 120 Å². The number of nitrogens with zero attached hydrogens (tertiary/aromatic N) is 2. The van der Waals surface area contributed by atoms with Crippen molar-refractivity contribution >= 4 is 49.3 Å². The van der Waals surface area contributed by atoms with Crippen LogP contribution in [0.5, 0.6) is 10.9 Å². The van der Waals surface area contributed by atoms with Crippen LogP contribution in [0.4, 0.5) is 0 Å². The van der Waals surface area contributed by atoms with E-state index in [2.05, 4.69) is 39.3 Å². The van der Waals surface area contributed by atoms with E-state index in [1.165, 1.54) is 36.9 Å². The number of benzene rings is 2. The molecule has 2 aromatic heterocycles. The number of piperidine rings is 1. The molecule has 4 aromatic rings. The fourth-order valence-electron chi connectivity index (χ4n) is 3.71. The van der Waals surface area contributed by atoms with Crippen LogP contribution in [0, 0.1) is 0 Å². The Kier molecular flexibility index (Phi) is 4.68. The first-order chi connectivity index (χ1) is 13.2. The van der Waals surface area contributed by atoms with E-state index in [0.717, 1.165) is 32.7 Å². The van der Waals surface area contributed by atoms with E-state index in [4.69, 9.17) is 4.74 Å². The second kappa shape index (κ2) is 7.31. The summed E-state index contributed by atoms with van der Waals surface area (Å²) in [6.45, 7) is 3.46. The number of nitrogens with one attached hydrogen (secondary N) is 1. The number of fused-ring (bicyclic) bond motifs is 2. The second-order valence-electron chi connectivity index (χ2n) is 7.18. The molecule has 3 heterocycles. The number of rotatable bonds is 4. The number of H-pyrrole nitrogens is 1. The Hall–Kier alpha value is -1.81. The Morgan fingerprint density at radius 3 is 2.89 bits per heavy atom. The summed E-state index contributed by atoms with van der Waals surface area (Å²) in [6.07, 6.45) is 4.82. The van der Waals surface area contributed by atoms with E-state index >= 15 is 0 Å². The van der Waals surface area contributed by atoms with Crippen LogP contribution in [-0.4, -0.2) is 44.8 Å². The third kappa shape index (κ3) is 3.64. The number of hydrogen-bond donors (Lipinski definition) is 1. The summed E-state index contributed by atoms with van der Waals surface area (Å²) in [6, 6.07) is 14.4. The molecule has 0 amide bonds. The molecule has 1 aliphatic heterocycles. The van der Waals surface area contributed by atoms with Crippen molar-refractivity contribution in [2.75, 3.05) is 13.1 Å². The van der Waals surface area contributed by atoms with Gasteiger partial charge in [0.2, 0.25) is 0 Å². The zero-order valence-electron chi connectivity index (χ0n) is 15.0. The van der Waals surface area contributed by atoms with Crippen molar-refractivity contribution in [3.05, 3.63) is 54.2 Å². The van der Waals surface area contributed by atoms with E-state index in [1.54, 1.807) is 11.3 Å². The van der Waals surface area contributed by atoms with Gasteiger partial charge < -0.3 is 0 Å². The predicted octanol–water partition coefficient (Wildman–Crippen LogP) is 4.59. The van der Waals surface area contributed by atoms with Gasteiger partial charge in [0, 0.05) is 0 Å². The van der Waals surface area contributed by atoms with Crippen molar-refractivity contribution in [3.63, 3.8) is 0 Å². The first-order valence-electron chi connectivity index (χ1n) is 9.36. The van der Waals surface area contributed by atoms with Gasteiger partial charge in [0.25, 0.3) is 0 Å². The van der Waals surface area contributed by atoms with Crippen LogP contribution in [0.3, 0.4) is 0 Å². The first-order valence-corrected chi connectivity index (χ1v) is 11.6. The number of ether oxygens (including phenoxy) is 1. The average Bonchev–Trinajstić information content (AvgIpc) is 3.27. The van der Waals surface area contributed by atoms with E-state index in [0.29, 0.717) is 5.19 Å². The van der Waals surface area contributed by atoms with E-state index in [-0.39, 0.29) is 0 Å². The fraction of sp³-hybridized carbons (Fsp3) is 0.286. The fourth-order valence-corrected chi connectivity index (χ4v) is 5.17. The van der Waals surface area contributed by atoms with Crippen molar-refractivity contribution in [3.8, 4) is 10.9 Å². The molecule has 1 unspecified atom stereocenters. The second-order valence-corrected chi connectivity index (χ2v) is 10.2. The molecule has 5 rings (SSSR count). The third-order valence-corrected chi connectivity index (χ3v) is 7.56. The molecule has 6 heteroatoms. The standard InChI is InChI=1S/C21H22AsN3OS/c22-15-7-9-25(10-8-15)13-14-12-23-19-11-16(5-6-17(14)19)26-21-24-18-3-1-2-4-20(18)27-21/h1-6,11-12,15,23H,7-10,13,22H2. The van der Waals surface area contributed by atoms with Gasteiger partial charge in [0.15, 0.2) is 0 Å². The molecule has 0 aliphatic carbocycles. The normalized spacial score (nSPS) is 16.3. The Morgan fingerprint density at radius 2 is 2.04 bits per heavy atom. The Balaban J connectivity index is 1.35. The van der Waals surface area contributed by atoms with E-state index < -0.39 is 0 Å². The number of para-hydroxylation sites is 1. The molecule has 1 N–H and O–H groups in total. The summed E-state index contributed by atoms with van der Waals surface area (Å²) in [5.74, 6) is 0.823. The van der Waals surface area contributed by atoms with Crippen molar-refractivity contribution in [1.29, 1.82) is 0 Å². The zero-order chi connectivity index (χ0) is 18.2. The van der Waals surface area contributed by atoms with Crippen molar-refractivity contribution in [1.82, 2.24) is 14.9 Å². The van der Waals surface area contributed by atoms with Crippen LogP contribution < -0.4 is 4.74 Å². The monoisotopic (exact) mass is 439 g/mol. The van der Waals surface area contributed by atoms with Gasteiger partial charge in [-0.25, -0.2) is 4.98 Å².